The van der Waals surface area contributed by atoms with E-state index in [2.05, 4.69) is 27.3 Å². The van der Waals surface area contributed by atoms with E-state index in [9.17, 15) is 4.79 Å². The Morgan fingerprint density at radius 3 is 3.08 bits per heavy atom. The number of amides is 1. The number of carbonyl (C=O) groups is 1. The minimum absolute atomic E-state index is 0.102. The van der Waals surface area contributed by atoms with E-state index in [1.54, 1.807) is 0 Å². The van der Waals surface area contributed by atoms with Gasteiger partial charge in [0, 0.05) is 36.7 Å². The molecule has 0 aromatic carbocycles. The van der Waals surface area contributed by atoms with Crippen molar-refractivity contribution in [1.29, 1.82) is 0 Å². The molecule has 4 rings (SSSR count). The SMILES string of the molecule is CCc1oc(C(=O)N[C@@H]2CCc3cn[nH]c3C2)cc1CN1CCCC1. The van der Waals surface area contributed by atoms with Crippen molar-refractivity contribution in [3.8, 4) is 0 Å². The Bertz CT molecular complexity index is 742. The highest BCUT2D eigenvalue weighted by Gasteiger charge is 2.24. The van der Waals surface area contributed by atoms with Crippen LogP contribution in [0.15, 0.2) is 16.7 Å². The lowest BCUT2D eigenvalue weighted by atomic mass is 9.94. The Balaban J connectivity index is 1.42. The quantitative estimate of drug-likeness (QED) is 0.875. The van der Waals surface area contributed by atoms with Gasteiger partial charge in [-0.15, -0.1) is 0 Å². The Morgan fingerprint density at radius 2 is 2.28 bits per heavy atom. The topological polar surface area (TPSA) is 74.2 Å². The summed E-state index contributed by atoms with van der Waals surface area (Å²) in [6.45, 7) is 5.25. The molecular weight excluding hydrogens is 316 g/mol. The van der Waals surface area contributed by atoms with Crippen LogP contribution in [-0.2, 0) is 25.8 Å². The number of hydrogen-bond donors (Lipinski definition) is 2. The van der Waals surface area contributed by atoms with Crippen LogP contribution in [0.5, 0.6) is 0 Å². The summed E-state index contributed by atoms with van der Waals surface area (Å²) in [5, 5.41) is 10.3. The number of fused-ring (bicyclic) bond motifs is 1. The van der Waals surface area contributed by atoms with Crippen molar-refractivity contribution in [3.63, 3.8) is 0 Å². The maximum absolute atomic E-state index is 12.6. The Labute approximate surface area is 148 Å². The summed E-state index contributed by atoms with van der Waals surface area (Å²) >= 11 is 0. The number of H-pyrrole nitrogens is 1. The summed E-state index contributed by atoms with van der Waals surface area (Å²) in [4.78, 5) is 15.1. The first-order valence-corrected chi connectivity index (χ1v) is 9.39. The maximum atomic E-state index is 12.6. The van der Waals surface area contributed by atoms with Crippen LogP contribution in [0, 0.1) is 0 Å². The fourth-order valence-corrected chi connectivity index (χ4v) is 3.98. The van der Waals surface area contributed by atoms with Gasteiger partial charge in [-0.1, -0.05) is 6.92 Å². The van der Waals surface area contributed by atoms with Gasteiger partial charge in [0.15, 0.2) is 5.76 Å². The maximum Gasteiger partial charge on any atom is 0.287 e. The third-order valence-electron chi connectivity index (χ3n) is 5.39. The lowest BCUT2D eigenvalue weighted by Gasteiger charge is -2.22. The van der Waals surface area contributed by atoms with Gasteiger partial charge in [0.05, 0.1) is 6.20 Å². The van der Waals surface area contributed by atoms with Crippen molar-refractivity contribution < 1.29 is 9.21 Å². The van der Waals surface area contributed by atoms with Crippen LogP contribution in [0.25, 0.3) is 0 Å². The summed E-state index contributed by atoms with van der Waals surface area (Å²) in [5.74, 6) is 1.29. The first-order valence-electron chi connectivity index (χ1n) is 9.39. The highest BCUT2D eigenvalue weighted by Crippen LogP contribution is 2.22. The van der Waals surface area contributed by atoms with Crippen molar-refractivity contribution in [3.05, 3.63) is 40.6 Å². The van der Waals surface area contributed by atoms with Gasteiger partial charge in [0.2, 0.25) is 0 Å². The standard InChI is InChI=1S/C19H26N4O2/c1-2-17-14(12-23-7-3-4-8-23)9-18(25-17)19(24)21-15-6-5-13-11-20-22-16(13)10-15/h9,11,15H,2-8,10,12H2,1H3,(H,20,22)(H,21,24)/t15-/m1/s1. The molecule has 0 unspecified atom stereocenters. The van der Waals surface area contributed by atoms with Crippen LogP contribution in [0.2, 0.25) is 0 Å². The largest absolute Gasteiger partial charge is 0.456 e. The fraction of sp³-hybridized carbons (Fsp3) is 0.579. The third kappa shape index (κ3) is 3.49. The van der Waals surface area contributed by atoms with E-state index in [1.807, 2.05) is 12.3 Å². The van der Waals surface area contributed by atoms with Crippen molar-refractivity contribution in [2.24, 2.45) is 0 Å². The molecule has 1 fully saturated rings. The van der Waals surface area contributed by atoms with Crippen LogP contribution >= 0.6 is 0 Å². The zero-order valence-electron chi connectivity index (χ0n) is 14.8. The first kappa shape index (κ1) is 16.4. The van der Waals surface area contributed by atoms with E-state index >= 15 is 0 Å². The smallest absolute Gasteiger partial charge is 0.287 e. The van der Waals surface area contributed by atoms with Gasteiger partial charge < -0.3 is 9.73 Å². The highest BCUT2D eigenvalue weighted by atomic mass is 16.4. The number of nitrogens with zero attached hydrogens (tertiary/aromatic N) is 2. The van der Waals surface area contributed by atoms with E-state index in [1.165, 1.54) is 18.4 Å². The number of hydrogen-bond acceptors (Lipinski definition) is 4. The number of aromatic amines is 1. The normalized spacial score (nSPS) is 20.6. The molecule has 0 radical (unpaired) electrons. The van der Waals surface area contributed by atoms with Gasteiger partial charge in [-0.25, -0.2) is 0 Å². The van der Waals surface area contributed by atoms with E-state index in [4.69, 9.17) is 4.42 Å². The second-order valence-corrected chi connectivity index (χ2v) is 7.18. The lowest BCUT2D eigenvalue weighted by Crippen LogP contribution is -2.38. The summed E-state index contributed by atoms with van der Waals surface area (Å²) in [5.41, 5.74) is 3.57. The molecule has 2 aliphatic rings. The van der Waals surface area contributed by atoms with Gasteiger partial charge in [-0.05, 0) is 50.4 Å². The molecule has 1 aliphatic carbocycles. The molecule has 2 aromatic rings. The molecule has 0 bridgehead atoms. The van der Waals surface area contributed by atoms with Crippen molar-refractivity contribution in [1.82, 2.24) is 20.4 Å². The van der Waals surface area contributed by atoms with E-state index in [-0.39, 0.29) is 11.9 Å². The van der Waals surface area contributed by atoms with E-state index < -0.39 is 0 Å². The van der Waals surface area contributed by atoms with Crippen molar-refractivity contribution >= 4 is 5.91 Å². The number of aryl methyl sites for hydroxylation is 2. The number of aromatic nitrogens is 2. The Hall–Kier alpha value is -2.08. The van der Waals surface area contributed by atoms with Crippen molar-refractivity contribution in [2.75, 3.05) is 13.1 Å². The molecule has 1 amide bonds. The molecule has 0 saturated carbocycles. The van der Waals surface area contributed by atoms with Crippen LogP contribution in [0.4, 0.5) is 0 Å². The van der Waals surface area contributed by atoms with Gasteiger partial charge in [0.1, 0.15) is 5.76 Å². The Kier molecular flexibility index (Phi) is 4.61. The predicted molar refractivity (Wildman–Crippen MR) is 94.5 cm³/mol. The minimum atomic E-state index is -0.102. The molecule has 6 nitrogen and oxygen atoms in total. The van der Waals surface area contributed by atoms with Crippen LogP contribution in [-0.4, -0.2) is 40.1 Å². The van der Waals surface area contributed by atoms with Gasteiger partial charge in [0.25, 0.3) is 5.91 Å². The molecule has 2 aromatic heterocycles. The summed E-state index contributed by atoms with van der Waals surface area (Å²) < 4.78 is 5.87. The lowest BCUT2D eigenvalue weighted by molar-refractivity contribution is 0.0903. The molecule has 1 atom stereocenters. The average molecular weight is 342 g/mol. The predicted octanol–water partition coefficient (Wildman–Crippen LogP) is 2.45. The van der Waals surface area contributed by atoms with Crippen LogP contribution in [0.1, 0.15) is 59.3 Å². The molecule has 1 aliphatic heterocycles. The molecule has 134 valence electrons. The number of carbonyl (C=O) groups excluding carboxylic acids is 1. The summed E-state index contributed by atoms with van der Waals surface area (Å²) in [6, 6.07) is 2.08. The number of likely N-dealkylation sites (tertiary alicyclic amines) is 1. The van der Waals surface area contributed by atoms with Gasteiger partial charge >= 0.3 is 0 Å². The zero-order chi connectivity index (χ0) is 17.2. The minimum Gasteiger partial charge on any atom is -0.456 e. The van der Waals surface area contributed by atoms with Gasteiger partial charge in [-0.3, -0.25) is 14.8 Å². The fourth-order valence-electron chi connectivity index (χ4n) is 3.98. The highest BCUT2D eigenvalue weighted by molar-refractivity contribution is 5.92. The molecule has 25 heavy (non-hydrogen) atoms. The third-order valence-corrected chi connectivity index (χ3v) is 5.39. The second kappa shape index (κ2) is 7.04. The Morgan fingerprint density at radius 1 is 1.44 bits per heavy atom. The van der Waals surface area contributed by atoms with Crippen LogP contribution in [0.3, 0.4) is 0 Å². The first-order chi connectivity index (χ1) is 12.2. The zero-order valence-corrected chi connectivity index (χ0v) is 14.8. The van der Waals surface area contributed by atoms with Gasteiger partial charge in [-0.2, -0.15) is 5.10 Å². The summed E-state index contributed by atoms with van der Waals surface area (Å²) in [6.07, 6.45) is 7.95. The summed E-state index contributed by atoms with van der Waals surface area (Å²) in [7, 11) is 0. The number of furan rings is 1. The molecule has 0 spiro atoms. The molecular formula is C19H26N4O2. The van der Waals surface area contributed by atoms with E-state index in [0.717, 1.165) is 62.3 Å². The molecule has 2 N–H and O–H groups in total. The monoisotopic (exact) mass is 342 g/mol. The van der Waals surface area contributed by atoms with Crippen LogP contribution < -0.4 is 5.32 Å². The average Bonchev–Trinajstić information content (AvgIpc) is 3.35. The second-order valence-electron chi connectivity index (χ2n) is 7.18. The van der Waals surface area contributed by atoms with E-state index in [0.29, 0.717) is 5.76 Å². The molecule has 3 heterocycles. The number of nitrogens with one attached hydrogen (secondary N) is 2. The molecule has 6 heteroatoms. The van der Waals surface area contributed by atoms with Crippen molar-refractivity contribution in [2.45, 2.75) is 58.0 Å². The number of rotatable bonds is 5. The molecule has 1 saturated heterocycles.